The quantitative estimate of drug-likeness (QED) is 0.893. The van der Waals surface area contributed by atoms with Gasteiger partial charge < -0.3 is 9.84 Å². The third kappa shape index (κ3) is 1.96. The van der Waals surface area contributed by atoms with E-state index >= 15 is 0 Å². The van der Waals surface area contributed by atoms with Crippen molar-refractivity contribution in [2.75, 3.05) is 6.61 Å². The van der Waals surface area contributed by atoms with Crippen LogP contribution in [-0.4, -0.2) is 17.7 Å². The van der Waals surface area contributed by atoms with Crippen LogP contribution in [0, 0.1) is 11.7 Å². The molecule has 2 aliphatic rings. The SMILES string of the molecule is O=C(O)CC(c1ccc2c(c1F)CCO2)C1CC1. The maximum Gasteiger partial charge on any atom is 0.303 e. The first-order chi connectivity index (χ1) is 8.66. The number of ether oxygens (including phenoxy) is 1. The smallest absolute Gasteiger partial charge is 0.303 e. The zero-order valence-electron chi connectivity index (χ0n) is 9.99. The second kappa shape index (κ2) is 4.26. The predicted molar refractivity (Wildman–Crippen MR) is 63.3 cm³/mol. The Balaban J connectivity index is 1.96. The molecule has 1 aromatic carbocycles. The number of benzene rings is 1. The fraction of sp³-hybridized carbons (Fsp3) is 0.500. The summed E-state index contributed by atoms with van der Waals surface area (Å²) in [6.07, 6.45) is 2.61. The maximum atomic E-state index is 14.4. The second-order valence-corrected chi connectivity index (χ2v) is 5.09. The minimum absolute atomic E-state index is 0.0151. The number of carbonyl (C=O) groups is 1. The van der Waals surface area contributed by atoms with Crippen LogP contribution in [0.4, 0.5) is 4.39 Å². The number of hydrogen-bond donors (Lipinski definition) is 1. The molecule has 1 N–H and O–H groups in total. The number of aliphatic carboxylic acids is 1. The molecule has 1 atom stereocenters. The lowest BCUT2D eigenvalue weighted by Crippen LogP contribution is -2.11. The van der Waals surface area contributed by atoms with Gasteiger partial charge in [0.1, 0.15) is 11.6 Å². The largest absolute Gasteiger partial charge is 0.493 e. The molecule has 3 nitrogen and oxygen atoms in total. The van der Waals surface area contributed by atoms with Gasteiger partial charge in [0.25, 0.3) is 0 Å². The summed E-state index contributed by atoms with van der Waals surface area (Å²) in [6, 6.07) is 3.48. The van der Waals surface area contributed by atoms with Crippen molar-refractivity contribution in [2.24, 2.45) is 5.92 Å². The molecular weight excluding hydrogens is 235 g/mol. The van der Waals surface area contributed by atoms with Gasteiger partial charge in [-0.05, 0) is 30.4 Å². The van der Waals surface area contributed by atoms with Crippen molar-refractivity contribution < 1.29 is 19.0 Å². The summed E-state index contributed by atoms with van der Waals surface area (Å²) in [5, 5.41) is 8.96. The standard InChI is InChI=1S/C14H15FO3/c15-14-9(3-4-12-10(14)5-6-18-12)11(7-13(16)17)8-1-2-8/h3-4,8,11H,1-2,5-7H2,(H,16,17). The van der Waals surface area contributed by atoms with Crippen molar-refractivity contribution in [1.82, 2.24) is 0 Å². The lowest BCUT2D eigenvalue weighted by molar-refractivity contribution is -0.137. The van der Waals surface area contributed by atoms with E-state index in [2.05, 4.69) is 0 Å². The van der Waals surface area contributed by atoms with Crippen molar-refractivity contribution in [2.45, 2.75) is 31.6 Å². The number of hydrogen-bond acceptors (Lipinski definition) is 2. The van der Waals surface area contributed by atoms with Gasteiger partial charge >= 0.3 is 5.97 Å². The van der Waals surface area contributed by atoms with Gasteiger partial charge in [-0.2, -0.15) is 0 Å². The van der Waals surface area contributed by atoms with Crippen molar-refractivity contribution in [3.8, 4) is 5.75 Å². The molecule has 96 valence electrons. The Kier molecular flexibility index (Phi) is 2.73. The molecule has 0 aromatic heterocycles. The molecule has 0 radical (unpaired) electrons. The molecule has 1 saturated carbocycles. The molecule has 1 aliphatic heterocycles. The Hall–Kier alpha value is -1.58. The van der Waals surface area contributed by atoms with Crippen molar-refractivity contribution in [1.29, 1.82) is 0 Å². The summed E-state index contributed by atoms with van der Waals surface area (Å²) in [6.45, 7) is 0.517. The molecule has 0 spiro atoms. The van der Waals surface area contributed by atoms with Gasteiger partial charge in [-0.1, -0.05) is 6.07 Å². The molecule has 3 rings (SSSR count). The maximum absolute atomic E-state index is 14.4. The molecule has 1 heterocycles. The highest BCUT2D eigenvalue weighted by molar-refractivity contribution is 5.68. The first kappa shape index (κ1) is 11.5. The number of halogens is 1. The number of rotatable bonds is 4. The van der Waals surface area contributed by atoms with Crippen LogP contribution >= 0.6 is 0 Å². The van der Waals surface area contributed by atoms with E-state index in [9.17, 15) is 9.18 Å². The van der Waals surface area contributed by atoms with Crippen LogP contribution in [0.15, 0.2) is 12.1 Å². The Morgan fingerprint density at radius 1 is 1.50 bits per heavy atom. The van der Waals surface area contributed by atoms with Gasteiger partial charge in [0.2, 0.25) is 0 Å². The molecule has 0 saturated heterocycles. The van der Waals surface area contributed by atoms with E-state index in [-0.39, 0.29) is 18.2 Å². The first-order valence-corrected chi connectivity index (χ1v) is 6.32. The zero-order valence-corrected chi connectivity index (χ0v) is 9.99. The van der Waals surface area contributed by atoms with Crippen molar-refractivity contribution in [3.05, 3.63) is 29.1 Å². The van der Waals surface area contributed by atoms with Crippen LogP contribution in [0.1, 0.15) is 36.3 Å². The molecule has 1 aliphatic carbocycles. The molecule has 0 bridgehead atoms. The topological polar surface area (TPSA) is 46.5 Å². The highest BCUT2D eigenvalue weighted by Crippen LogP contribution is 2.46. The van der Waals surface area contributed by atoms with Gasteiger partial charge in [0, 0.05) is 17.9 Å². The molecule has 1 unspecified atom stereocenters. The number of carboxylic acids is 1. The van der Waals surface area contributed by atoms with Gasteiger partial charge in [0.15, 0.2) is 0 Å². The van der Waals surface area contributed by atoms with Crippen LogP contribution < -0.4 is 4.74 Å². The van der Waals surface area contributed by atoms with Crippen LogP contribution in [0.25, 0.3) is 0 Å². The van der Waals surface area contributed by atoms with E-state index in [1.807, 2.05) is 0 Å². The van der Waals surface area contributed by atoms with Crippen LogP contribution in [0.5, 0.6) is 5.75 Å². The molecule has 0 amide bonds. The lowest BCUT2D eigenvalue weighted by Gasteiger charge is -2.16. The summed E-state index contributed by atoms with van der Waals surface area (Å²) in [5.74, 6) is -0.350. The number of fused-ring (bicyclic) bond motifs is 1. The molecule has 1 aromatic rings. The minimum atomic E-state index is -0.858. The minimum Gasteiger partial charge on any atom is -0.493 e. The van der Waals surface area contributed by atoms with Crippen molar-refractivity contribution in [3.63, 3.8) is 0 Å². The highest BCUT2D eigenvalue weighted by atomic mass is 19.1. The zero-order chi connectivity index (χ0) is 12.7. The monoisotopic (exact) mass is 250 g/mol. The Bertz CT molecular complexity index is 494. The average molecular weight is 250 g/mol. The van der Waals surface area contributed by atoms with E-state index in [4.69, 9.17) is 9.84 Å². The molecule has 1 fully saturated rings. The fourth-order valence-corrected chi connectivity index (χ4v) is 2.76. The third-order valence-corrected chi connectivity index (χ3v) is 3.82. The van der Waals surface area contributed by atoms with E-state index in [1.165, 1.54) is 0 Å². The van der Waals surface area contributed by atoms with Crippen molar-refractivity contribution >= 4 is 5.97 Å². The molecular formula is C14H15FO3. The van der Waals surface area contributed by atoms with Gasteiger partial charge in [-0.3, -0.25) is 4.79 Å². The highest BCUT2D eigenvalue weighted by Gasteiger charge is 2.36. The van der Waals surface area contributed by atoms with E-state index < -0.39 is 5.97 Å². The number of carboxylic acid groups (broad SMARTS) is 1. The molecule has 18 heavy (non-hydrogen) atoms. The van der Waals surface area contributed by atoms with Gasteiger partial charge in [-0.15, -0.1) is 0 Å². The summed E-state index contributed by atoms with van der Waals surface area (Å²) >= 11 is 0. The predicted octanol–water partition coefficient (Wildman–Crippen LogP) is 2.73. The van der Waals surface area contributed by atoms with Gasteiger partial charge in [0.05, 0.1) is 13.0 Å². The van der Waals surface area contributed by atoms with E-state index in [0.29, 0.717) is 35.8 Å². The van der Waals surface area contributed by atoms with Gasteiger partial charge in [-0.25, -0.2) is 4.39 Å². The summed E-state index contributed by atoms with van der Waals surface area (Å²) < 4.78 is 19.7. The summed E-state index contributed by atoms with van der Waals surface area (Å²) in [4.78, 5) is 10.9. The summed E-state index contributed by atoms with van der Waals surface area (Å²) in [7, 11) is 0. The molecule has 4 heteroatoms. The lowest BCUT2D eigenvalue weighted by atomic mass is 9.89. The first-order valence-electron chi connectivity index (χ1n) is 6.32. The average Bonchev–Trinajstić information content (AvgIpc) is 3.05. The van der Waals surface area contributed by atoms with E-state index in [0.717, 1.165) is 12.8 Å². The van der Waals surface area contributed by atoms with Crippen LogP contribution in [-0.2, 0) is 11.2 Å². The Morgan fingerprint density at radius 3 is 2.94 bits per heavy atom. The third-order valence-electron chi connectivity index (χ3n) is 3.82. The van der Waals surface area contributed by atoms with Crippen LogP contribution in [0.2, 0.25) is 0 Å². The Labute approximate surface area is 105 Å². The normalized spacial score (nSPS) is 19.2. The second-order valence-electron chi connectivity index (χ2n) is 5.09. The fourth-order valence-electron chi connectivity index (χ4n) is 2.76. The Morgan fingerprint density at radius 2 is 2.28 bits per heavy atom. The summed E-state index contributed by atoms with van der Waals surface area (Å²) in [5.41, 5.74) is 1.17. The van der Waals surface area contributed by atoms with E-state index in [1.54, 1.807) is 12.1 Å². The van der Waals surface area contributed by atoms with Crippen LogP contribution in [0.3, 0.4) is 0 Å².